The molecule has 0 saturated carbocycles. The lowest BCUT2D eigenvalue weighted by Crippen LogP contribution is -2.14. The van der Waals surface area contributed by atoms with Crippen LogP contribution in [-0.2, 0) is 0 Å². The molecule has 1 amide bonds. The number of hydrogen-bond acceptors (Lipinski definition) is 4. The number of rotatable bonds is 4. The van der Waals surface area contributed by atoms with E-state index in [0.29, 0.717) is 11.1 Å². The third kappa shape index (κ3) is 3.51. The minimum absolute atomic E-state index is 0.00269. The molecule has 0 fully saturated rings. The fourth-order valence-corrected chi connectivity index (χ4v) is 3.20. The van der Waals surface area contributed by atoms with Crippen molar-refractivity contribution in [1.29, 1.82) is 0 Å². The predicted molar refractivity (Wildman–Crippen MR) is 109 cm³/mol. The molecule has 0 radical (unpaired) electrons. The summed E-state index contributed by atoms with van der Waals surface area (Å²) in [4.78, 5) is 23.8. The number of amides is 1. The summed E-state index contributed by atoms with van der Waals surface area (Å²) < 4.78 is 1.53. The number of fused-ring (bicyclic) bond motifs is 1. The second kappa shape index (κ2) is 7.29. The molecule has 0 aliphatic heterocycles. The molecule has 4 rings (SSSR count). The average molecular weight is 408 g/mol. The third-order valence-corrected chi connectivity index (χ3v) is 4.83. The minimum Gasteiger partial charge on any atom is -0.506 e. The fraction of sp³-hybridized carbons (Fsp3) is 0. The molecule has 7 nitrogen and oxygen atoms in total. The van der Waals surface area contributed by atoms with Crippen LogP contribution in [0.2, 0.25) is 5.02 Å². The Morgan fingerprint density at radius 1 is 1.07 bits per heavy atom. The molecular formula is C21H14ClN3O4. The first-order chi connectivity index (χ1) is 13.9. The maximum Gasteiger partial charge on any atom is 0.337 e. The van der Waals surface area contributed by atoms with Crippen molar-refractivity contribution in [1.82, 2.24) is 9.78 Å². The number of aromatic hydroxyl groups is 1. The SMILES string of the molecule is O=C(Nc1ccccc1C(=O)O)c1cnn(-c2ccc3c(Cl)c(O)ccc3c2)c1. The number of para-hydroxylation sites is 1. The molecule has 0 aliphatic rings. The van der Waals surface area contributed by atoms with Crippen molar-refractivity contribution >= 4 is 39.9 Å². The number of aromatic carboxylic acids is 1. The number of phenolic OH excluding ortho intramolecular Hbond substituents is 1. The van der Waals surface area contributed by atoms with Crippen LogP contribution in [0.1, 0.15) is 20.7 Å². The van der Waals surface area contributed by atoms with E-state index in [1.165, 1.54) is 29.1 Å². The van der Waals surface area contributed by atoms with Crippen LogP contribution in [0.15, 0.2) is 67.0 Å². The number of nitrogens with zero attached hydrogens (tertiary/aromatic N) is 2. The molecule has 4 aromatic rings. The van der Waals surface area contributed by atoms with E-state index in [9.17, 15) is 19.8 Å². The van der Waals surface area contributed by atoms with Crippen LogP contribution in [0.25, 0.3) is 16.5 Å². The van der Waals surface area contributed by atoms with Crippen molar-refractivity contribution in [2.45, 2.75) is 0 Å². The number of carboxylic acids is 1. The quantitative estimate of drug-likeness (QED) is 0.467. The molecule has 1 heterocycles. The Morgan fingerprint density at radius 2 is 1.86 bits per heavy atom. The van der Waals surface area contributed by atoms with Gasteiger partial charge in [-0.1, -0.05) is 35.9 Å². The average Bonchev–Trinajstić information content (AvgIpc) is 3.21. The monoisotopic (exact) mass is 407 g/mol. The molecule has 8 heteroatoms. The Labute approximate surface area is 169 Å². The van der Waals surface area contributed by atoms with Crippen molar-refractivity contribution in [2.75, 3.05) is 5.32 Å². The number of hydrogen-bond donors (Lipinski definition) is 3. The molecule has 3 N–H and O–H groups in total. The lowest BCUT2D eigenvalue weighted by atomic mass is 10.1. The number of carbonyl (C=O) groups excluding carboxylic acids is 1. The number of nitrogens with one attached hydrogen (secondary N) is 1. The zero-order chi connectivity index (χ0) is 20.5. The molecule has 3 aromatic carbocycles. The summed E-state index contributed by atoms with van der Waals surface area (Å²) in [6.07, 6.45) is 2.94. The van der Waals surface area contributed by atoms with E-state index in [2.05, 4.69) is 10.4 Å². The van der Waals surface area contributed by atoms with Crippen molar-refractivity contribution in [3.63, 3.8) is 0 Å². The second-order valence-corrected chi connectivity index (χ2v) is 6.66. The smallest absolute Gasteiger partial charge is 0.337 e. The number of carboxylic acid groups (broad SMARTS) is 1. The number of anilines is 1. The Balaban J connectivity index is 1.62. The lowest BCUT2D eigenvalue weighted by Gasteiger charge is -2.07. The molecule has 0 unspecified atom stereocenters. The van der Waals surface area contributed by atoms with Crippen LogP contribution in [0.4, 0.5) is 5.69 Å². The molecule has 1 aromatic heterocycles. The Morgan fingerprint density at radius 3 is 2.66 bits per heavy atom. The molecule has 0 bridgehead atoms. The maximum atomic E-state index is 12.5. The largest absolute Gasteiger partial charge is 0.506 e. The summed E-state index contributed by atoms with van der Waals surface area (Å²) >= 11 is 6.11. The van der Waals surface area contributed by atoms with Gasteiger partial charge in [0.15, 0.2) is 0 Å². The van der Waals surface area contributed by atoms with Crippen LogP contribution in [0.5, 0.6) is 5.75 Å². The van der Waals surface area contributed by atoms with E-state index in [1.807, 2.05) is 6.07 Å². The first-order valence-electron chi connectivity index (χ1n) is 8.54. The lowest BCUT2D eigenvalue weighted by molar-refractivity contribution is 0.0698. The van der Waals surface area contributed by atoms with Crippen molar-refractivity contribution in [3.8, 4) is 11.4 Å². The van der Waals surface area contributed by atoms with Crippen molar-refractivity contribution in [3.05, 3.63) is 83.1 Å². The van der Waals surface area contributed by atoms with Crippen molar-refractivity contribution < 1.29 is 19.8 Å². The summed E-state index contributed by atoms with van der Waals surface area (Å²) in [6.45, 7) is 0. The van der Waals surface area contributed by atoms with Gasteiger partial charge in [-0.15, -0.1) is 0 Å². The Bertz CT molecular complexity index is 1270. The summed E-state index contributed by atoms with van der Waals surface area (Å²) in [5.74, 6) is -1.59. The van der Waals surface area contributed by atoms with Gasteiger partial charge in [-0.05, 0) is 35.7 Å². The van der Waals surface area contributed by atoms with Gasteiger partial charge in [-0.25, -0.2) is 9.48 Å². The molecule has 0 aliphatic carbocycles. The number of benzene rings is 3. The van der Waals surface area contributed by atoms with Gasteiger partial charge in [0.25, 0.3) is 5.91 Å². The number of halogens is 1. The number of carbonyl (C=O) groups is 2. The van der Waals surface area contributed by atoms with Crippen molar-refractivity contribution in [2.24, 2.45) is 0 Å². The predicted octanol–water partition coefficient (Wildman–Crippen LogP) is 4.34. The molecule has 144 valence electrons. The number of aromatic nitrogens is 2. The van der Waals surface area contributed by atoms with Gasteiger partial charge in [0, 0.05) is 11.6 Å². The van der Waals surface area contributed by atoms with E-state index in [1.54, 1.807) is 36.5 Å². The van der Waals surface area contributed by atoms with E-state index >= 15 is 0 Å². The normalized spacial score (nSPS) is 10.8. The zero-order valence-corrected chi connectivity index (χ0v) is 15.6. The molecule has 0 saturated heterocycles. The van der Waals surface area contributed by atoms with E-state index in [0.717, 1.165) is 5.39 Å². The summed E-state index contributed by atoms with van der Waals surface area (Å²) in [5.41, 5.74) is 1.18. The third-order valence-electron chi connectivity index (χ3n) is 4.43. The summed E-state index contributed by atoms with van der Waals surface area (Å²) in [5, 5.41) is 27.5. The van der Waals surface area contributed by atoms with Crippen LogP contribution in [-0.4, -0.2) is 31.9 Å². The first-order valence-corrected chi connectivity index (χ1v) is 8.92. The van der Waals surface area contributed by atoms with E-state index in [-0.39, 0.29) is 27.6 Å². The zero-order valence-electron chi connectivity index (χ0n) is 14.8. The van der Waals surface area contributed by atoms with Crippen LogP contribution < -0.4 is 5.32 Å². The van der Waals surface area contributed by atoms with Gasteiger partial charge in [-0.3, -0.25) is 4.79 Å². The van der Waals surface area contributed by atoms with E-state index in [4.69, 9.17) is 11.6 Å². The number of phenols is 1. The maximum absolute atomic E-state index is 12.5. The van der Waals surface area contributed by atoms with Gasteiger partial charge >= 0.3 is 5.97 Å². The highest BCUT2D eigenvalue weighted by molar-refractivity contribution is 6.37. The van der Waals surface area contributed by atoms with Gasteiger partial charge in [0.2, 0.25) is 0 Å². The summed E-state index contributed by atoms with van der Waals surface area (Å²) in [6, 6.07) is 14.8. The fourth-order valence-electron chi connectivity index (χ4n) is 2.96. The van der Waals surface area contributed by atoms with Crippen LogP contribution in [0, 0.1) is 0 Å². The van der Waals surface area contributed by atoms with Crippen LogP contribution >= 0.6 is 11.6 Å². The highest BCUT2D eigenvalue weighted by atomic mass is 35.5. The molecule has 0 atom stereocenters. The highest BCUT2D eigenvalue weighted by Gasteiger charge is 2.15. The molecule has 29 heavy (non-hydrogen) atoms. The molecule has 0 spiro atoms. The van der Waals surface area contributed by atoms with Gasteiger partial charge in [0.05, 0.1) is 33.7 Å². The van der Waals surface area contributed by atoms with Crippen LogP contribution in [0.3, 0.4) is 0 Å². The Hall–Kier alpha value is -3.84. The van der Waals surface area contributed by atoms with E-state index < -0.39 is 11.9 Å². The highest BCUT2D eigenvalue weighted by Crippen LogP contribution is 2.32. The van der Waals surface area contributed by atoms with Gasteiger partial charge in [0.1, 0.15) is 5.75 Å². The minimum atomic E-state index is -1.13. The topological polar surface area (TPSA) is 104 Å². The Kier molecular flexibility index (Phi) is 4.66. The van der Waals surface area contributed by atoms with Gasteiger partial charge < -0.3 is 15.5 Å². The second-order valence-electron chi connectivity index (χ2n) is 6.28. The molecular weight excluding hydrogens is 394 g/mol. The standard InChI is InChI=1S/C21H14ClN3O4/c22-19-15-7-6-14(9-12(15)5-8-18(19)26)25-11-13(10-23-25)20(27)24-17-4-2-1-3-16(17)21(28)29/h1-11,26H,(H,24,27)(H,28,29). The van der Waals surface area contributed by atoms with Gasteiger partial charge in [-0.2, -0.15) is 5.10 Å². The first kappa shape index (κ1) is 18.5. The summed E-state index contributed by atoms with van der Waals surface area (Å²) in [7, 11) is 0.